The fourth-order valence-corrected chi connectivity index (χ4v) is 4.15. The second kappa shape index (κ2) is 7.75. The Bertz CT molecular complexity index is 993. The van der Waals surface area contributed by atoms with Gasteiger partial charge in [-0.2, -0.15) is 0 Å². The molecule has 0 bridgehead atoms. The predicted molar refractivity (Wildman–Crippen MR) is 102 cm³/mol. The minimum atomic E-state index is -3.19. The number of aryl methyl sites for hydroxylation is 1. The van der Waals surface area contributed by atoms with Gasteiger partial charge in [-0.1, -0.05) is 23.8 Å². The van der Waals surface area contributed by atoms with E-state index in [-0.39, 0.29) is 24.0 Å². The number of amides is 1. The van der Waals surface area contributed by atoms with E-state index in [1.807, 2.05) is 19.1 Å². The van der Waals surface area contributed by atoms with Gasteiger partial charge in [-0.3, -0.25) is 9.59 Å². The van der Waals surface area contributed by atoms with Crippen molar-refractivity contribution >= 4 is 27.4 Å². The number of allylic oxidation sites excluding steroid dienone is 1. The highest BCUT2D eigenvalue weighted by Gasteiger charge is 2.24. The van der Waals surface area contributed by atoms with Gasteiger partial charge < -0.3 is 10.1 Å². The molecule has 0 unspecified atom stereocenters. The molecule has 6 nitrogen and oxygen atoms in total. The van der Waals surface area contributed by atoms with Crippen LogP contribution >= 0.6 is 0 Å². The van der Waals surface area contributed by atoms with Crippen molar-refractivity contribution in [2.45, 2.75) is 13.3 Å². The van der Waals surface area contributed by atoms with Crippen LogP contribution in [0.3, 0.4) is 0 Å². The molecule has 140 valence electrons. The standard InChI is InChI=1S/C20H19NO5S/c1-14-3-2-4-16(11-14)20(23)21-17-5-7-18(8-6-17)26-19(22)12-15-9-10-27(24,25)13-15/h2-11,15H,12-13H2,1H3,(H,21,23)/t15-/m1/s1. The summed E-state index contributed by atoms with van der Waals surface area (Å²) in [5.41, 5.74) is 2.13. The van der Waals surface area contributed by atoms with Crippen LogP contribution in [0.25, 0.3) is 0 Å². The number of hydrogen-bond acceptors (Lipinski definition) is 5. The maximum Gasteiger partial charge on any atom is 0.311 e. The molecule has 1 amide bonds. The SMILES string of the molecule is Cc1cccc(C(=O)Nc2ccc(OC(=O)C[C@H]3C=CS(=O)(=O)C3)cc2)c1. The fraction of sp³-hybridized carbons (Fsp3) is 0.200. The average Bonchev–Trinajstić information content (AvgIpc) is 2.95. The molecule has 0 aromatic heterocycles. The zero-order valence-electron chi connectivity index (χ0n) is 14.7. The first-order valence-corrected chi connectivity index (χ1v) is 10.1. The molecule has 0 saturated heterocycles. The van der Waals surface area contributed by atoms with Crippen molar-refractivity contribution in [3.8, 4) is 5.75 Å². The Balaban J connectivity index is 1.55. The maximum atomic E-state index is 12.2. The van der Waals surface area contributed by atoms with E-state index < -0.39 is 15.8 Å². The number of carbonyl (C=O) groups is 2. The van der Waals surface area contributed by atoms with Crippen molar-refractivity contribution in [2.24, 2.45) is 5.92 Å². The van der Waals surface area contributed by atoms with Gasteiger partial charge in [0.05, 0.1) is 12.2 Å². The summed E-state index contributed by atoms with van der Waals surface area (Å²) < 4.78 is 27.9. The molecule has 1 aliphatic heterocycles. The number of carbonyl (C=O) groups excluding carboxylic acids is 2. The summed E-state index contributed by atoms with van der Waals surface area (Å²) in [5.74, 6) is -0.809. The van der Waals surface area contributed by atoms with Gasteiger partial charge in [0.1, 0.15) is 5.75 Å². The maximum absolute atomic E-state index is 12.2. The Labute approximate surface area is 157 Å². The first-order valence-electron chi connectivity index (χ1n) is 8.40. The molecule has 1 atom stereocenters. The molecular formula is C20H19NO5S. The van der Waals surface area contributed by atoms with Gasteiger partial charge in [-0.05, 0) is 43.3 Å². The molecule has 7 heteroatoms. The Morgan fingerprint density at radius 2 is 1.89 bits per heavy atom. The number of hydrogen-bond donors (Lipinski definition) is 1. The number of ether oxygens (including phenoxy) is 1. The number of esters is 1. The van der Waals surface area contributed by atoms with Gasteiger partial charge >= 0.3 is 5.97 Å². The molecule has 1 heterocycles. The molecule has 3 rings (SSSR count). The van der Waals surface area contributed by atoms with Crippen LogP contribution < -0.4 is 10.1 Å². The minimum absolute atomic E-state index is 0.00156. The molecule has 0 saturated carbocycles. The summed E-state index contributed by atoms with van der Waals surface area (Å²) in [6.07, 6.45) is 1.52. The smallest absolute Gasteiger partial charge is 0.311 e. The van der Waals surface area contributed by atoms with E-state index in [2.05, 4.69) is 5.32 Å². The highest BCUT2D eigenvalue weighted by molar-refractivity contribution is 7.94. The number of sulfone groups is 1. The van der Waals surface area contributed by atoms with Crippen LogP contribution in [0.5, 0.6) is 5.75 Å². The van der Waals surface area contributed by atoms with E-state index in [4.69, 9.17) is 4.74 Å². The van der Waals surface area contributed by atoms with Crippen molar-refractivity contribution in [3.05, 3.63) is 71.1 Å². The largest absolute Gasteiger partial charge is 0.427 e. The number of rotatable bonds is 5. The number of anilines is 1. The zero-order valence-corrected chi connectivity index (χ0v) is 15.5. The summed E-state index contributed by atoms with van der Waals surface area (Å²) >= 11 is 0. The van der Waals surface area contributed by atoms with E-state index in [0.717, 1.165) is 11.0 Å². The number of benzene rings is 2. The highest BCUT2D eigenvalue weighted by atomic mass is 32.2. The molecule has 2 aromatic carbocycles. The van der Waals surface area contributed by atoms with Crippen molar-refractivity contribution in [2.75, 3.05) is 11.1 Å². The quantitative estimate of drug-likeness (QED) is 0.631. The third-order valence-corrected chi connectivity index (χ3v) is 5.52. The van der Waals surface area contributed by atoms with Crippen LogP contribution in [0.15, 0.2) is 60.0 Å². The van der Waals surface area contributed by atoms with Crippen LogP contribution in [0.2, 0.25) is 0 Å². The van der Waals surface area contributed by atoms with Crippen LogP contribution in [0.4, 0.5) is 5.69 Å². The Morgan fingerprint density at radius 3 is 2.52 bits per heavy atom. The highest BCUT2D eigenvalue weighted by Crippen LogP contribution is 2.21. The molecule has 27 heavy (non-hydrogen) atoms. The molecule has 1 aliphatic rings. The Kier molecular flexibility index (Phi) is 5.41. The predicted octanol–water partition coefficient (Wildman–Crippen LogP) is 3.10. The first-order chi connectivity index (χ1) is 12.8. The van der Waals surface area contributed by atoms with E-state index in [1.165, 1.54) is 6.08 Å². The van der Waals surface area contributed by atoms with Gasteiger partial charge in [0.25, 0.3) is 5.91 Å². The zero-order chi connectivity index (χ0) is 19.4. The lowest BCUT2D eigenvalue weighted by atomic mass is 10.1. The van der Waals surface area contributed by atoms with Gasteiger partial charge in [0.15, 0.2) is 9.84 Å². The van der Waals surface area contributed by atoms with Gasteiger partial charge in [-0.15, -0.1) is 0 Å². The van der Waals surface area contributed by atoms with Crippen LogP contribution in [0.1, 0.15) is 22.3 Å². The molecule has 2 aromatic rings. The monoisotopic (exact) mass is 385 g/mol. The molecule has 0 spiro atoms. The lowest BCUT2D eigenvalue weighted by molar-refractivity contribution is -0.134. The summed E-state index contributed by atoms with van der Waals surface area (Å²) in [6.45, 7) is 1.91. The first kappa shape index (κ1) is 18.8. The molecular weight excluding hydrogens is 366 g/mol. The van der Waals surface area contributed by atoms with Crippen molar-refractivity contribution in [3.63, 3.8) is 0 Å². The third-order valence-electron chi connectivity index (χ3n) is 4.06. The van der Waals surface area contributed by atoms with Crippen molar-refractivity contribution in [1.82, 2.24) is 0 Å². The summed E-state index contributed by atoms with van der Waals surface area (Å²) in [6, 6.07) is 13.7. The average molecular weight is 385 g/mol. The van der Waals surface area contributed by atoms with Crippen LogP contribution in [-0.2, 0) is 14.6 Å². The van der Waals surface area contributed by atoms with E-state index in [1.54, 1.807) is 36.4 Å². The molecule has 0 fully saturated rings. The topological polar surface area (TPSA) is 89.5 Å². The molecule has 0 radical (unpaired) electrons. The van der Waals surface area contributed by atoms with Gasteiger partial charge in [0.2, 0.25) is 0 Å². The summed E-state index contributed by atoms with van der Waals surface area (Å²) in [5, 5.41) is 3.91. The summed E-state index contributed by atoms with van der Waals surface area (Å²) in [7, 11) is -3.19. The fourth-order valence-electron chi connectivity index (χ4n) is 2.75. The van der Waals surface area contributed by atoms with E-state index in [0.29, 0.717) is 17.0 Å². The lowest BCUT2D eigenvalue weighted by Gasteiger charge is -2.09. The number of nitrogens with one attached hydrogen (secondary N) is 1. The normalized spacial score (nSPS) is 17.4. The van der Waals surface area contributed by atoms with Gasteiger partial charge in [-0.25, -0.2) is 8.42 Å². The van der Waals surface area contributed by atoms with Crippen molar-refractivity contribution < 1.29 is 22.7 Å². The third kappa shape index (κ3) is 5.27. The van der Waals surface area contributed by atoms with E-state index in [9.17, 15) is 18.0 Å². The molecule has 0 aliphatic carbocycles. The minimum Gasteiger partial charge on any atom is -0.427 e. The van der Waals surface area contributed by atoms with Crippen LogP contribution in [-0.4, -0.2) is 26.0 Å². The van der Waals surface area contributed by atoms with Gasteiger partial charge in [0, 0.05) is 22.6 Å². The lowest BCUT2D eigenvalue weighted by Crippen LogP contribution is -2.15. The second-order valence-electron chi connectivity index (χ2n) is 6.44. The Hall–Kier alpha value is -2.93. The van der Waals surface area contributed by atoms with E-state index >= 15 is 0 Å². The Morgan fingerprint density at radius 1 is 1.15 bits per heavy atom. The molecule has 1 N–H and O–H groups in total. The summed E-state index contributed by atoms with van der Waals surface area (Å²) in [4.78, 5) is 24.2. The second-order valence-corrected chi connectivity index (χ2v) is 8.38. The van der Waals surface area contributed by atoms with Crippen LogP contribution in [0, 0.1) is 12.8 Å². The van der Waals surface area contributed by atoms with Crippen molar-refractivity contribution in [1.29, 1.82) is 0 Å².